The van der Waals surface area contributed by atoms with Gasteiger partial charge in [-0.05, 0) is 45.4 Å². The van der Waals surface area contributed by atoms with Crippen molar-refractivity contribution in [1.82, 2.24) is 14.5 Å². The van der Waals surface area contributed by atoms with Crippen molar-refractivity contribution in [1.29, 1.82) is 0 Å². The number of amides is 1. The van der Waals surface area contributed by atoms with Crippen molar-refractivity contribution in [3.05, 3.63) is 65.1 Å². The molecule has 0 saturated carbocycles. The van der Waals surface area contributed by atoms with Crippen LogP contribution >= 0.6 is 0 Å². The van der Waals surface area contributed by atoms with Gasteiger partial charge < -0.3 is 18.9 Å². The number of para-hydroxylation sites is 1. The Labute approximate surface area is 187 Å². The van der Waals surface area contributed by atoms with Crippen molar-refractivity contribution in [2.75, 3.05) is 13.2 Å². The zero-order chi connectivity index (χ0) is 22.9. The van der Waals surface area contributed by atoms with Gasteiger partial charge in [-0.25, -0.2) is 9.59 Å². The summed E-state index contributed by atoms with van der Waals surface area (Å²) in [7, 11) is 0. The summed E-state index contributed by atoms with van der Waals surface area (Å²) in [6, 6.07) is 9.61. The van der Waals surface area contributed by atoms with Gasteiger partial charge in [0.25, 0.3) is 0 Å². The predicted molar refractivity (Wildman–Crippen MR) is 122 cm³/mol. The van der Waals surface area contributed by atoms with E-state index in [2.05, 4.69) is 9.55 Å². The third kappa shape index (κ3) is 4.33. The molecule has 32 heavy (non-hydrogen) atoms. The summed E-state index contributed by atoms with van der Waals surface area (Å²) < 4.78 is 13.1. The van der Waals surface area contributed by atoms with E-state index in [9.17, 15) is 9.59 Å². The van der Waals surface area contributed by atoms with Crippen molar-refractivity contribution in [3.63, 3.8) is 0 Å². The van der Waals surface area contributed by atoms with Gasteiger partial charge in [0.1, 0.15) is 5.60 Å². The molecule has 0 radical (unpaired) electrons. The number of aromatic nitrogens is 2. The fourth-order valence-corrected chi connectivity index (χ4v) is 4.21. The van der Waals surface area contributed by atoms with Gasteiger partial charge in [0.05, 0.1) is 24.2 Å². The van der Waals surface area contributed by atoms with Crippen molar-refractivity contribution >= 4 is 23.0 Å². The van der Waals surface area contributed by atoms with E-state index >= 15 is 0 Å². The van der Waals surface area contributed by atoms with E-state index in [0.29, 0.717) is 38.2 Å². The number of hydrogen-bond donors (Lipinski definition) is 0. The molecule has 168 valence electrons. The Morgan fingerprint density at radius 1 is 1.16 bits per heavy atom. The highest BCUT2D eigenvalue weighted by atomic mass is 16.6. The summed E-state index contributed by atoms with van der Waals surface area (Å²) in [6.07, 6.45) is 3.93. The molecule has 7 nitrogen and oxygen atoms in total. The largest absolute Gasteiger partial charge is 0.462 e. The van der Waals surface area contributed by atoms with Gasteiger partial charge in [-0.3, -0.25) is 4.98 Å². The second kappa shape index (κ2) is 8.65. The number of hydrogen-bond acceptors (Lipinski definition) is 5. The van der Waals surface area contributed by atoms with Crippen LogP contribution in [0.5, 0.6) is 0 Å². The molecule has 7 heteroatoms. The molecule has 1 aliphatic heterocycles. The first-order valence-corrected chi connectivity index (χ1v) is 11.0. The fourth-order valence-electron chi connectivity index (χ4n) is 4.21. The molecule has 0 N–H and O–H groups in total. The zero-order valence-electron chi connectivity index (χ0n) is 19.1. The van der Waals surface area contributed by atoms with E-state index in [1.165, 1.54) is 0 Å². The average Bonchev–Trinajstić information content (AvgIpc) is 3.06. The Balaban J connectivity index is 1.81. The minimum Gasteiger partial charge on any atom is -0.462 e. The summed E-state index contributed by atoms with van der Waals surface area (Å²) in [5.41, 5.74) is 4.04. The number of nitrogens with zero attached hydrogens (tertiary/aromatic N) is 3. The molecule has 0 bridgehead atoms. The van der Waals surface area contributed by atoms with Gasteiger partial charge in [0, 0.05) is 48.5 Å². The zero-order valence-corrected chi connectivity index (χ0v) is 19.1. The molecule has 0 saturated heterocycles. The van der Waals surface area contributed by atoms with Gasteiger partial charge in [-0.2, -0.15) is 0 Å². The second-order valence-electron chi connectivity index (χ2n) is 8.95. The molecular formula is C25H29N3O4. The Morgan fingerprint density at radius 3 is 2.66 bits per heavy atom. The van der Waals surface area contributed by atoms with Crippen LogP contribution in [0.15, 0.2) is 42.7 Å². The van der Waals surface area contributed by atoms with Crippen LogP contribution in [-0.4, -0.2) is 45.3 Å². The van der Waals surface area contributed by atoms with Gasteiger partial charge in [-0.15, -0.1) is 0 Å². The lowest BCUT2D eigenvalue weighted by molar-refractivity contribution is 0.0223. The van der Waals surface area contributed by atoms with Crippen LogP contribution in [0.4, 0.5) is 4.79 Å². The Hall–Kier alpha value is -3.35. The second-order valence-corrected chi connectivity index (χ2v) is 8.95. The molecule has 3 aromatic rings. The standard InChI is InChI=1S/C25H29N3O4/c1-5-31-23(29)19-10-6-9-18-20-16-27(24(30)32-25(2,3)4)13-11-21(20)28(22(18)19)15-17-8-7-12-26-14-17/h6-10,12,14H,5,11,13,15-16H2,1-4H3. The maximum atomic E-state index is 12.8. The molecule has 0 fully saturated rings. The van der Waals surface area contributed by atoms with Crippen molar-refractivity contribution < 1.29 is 19.1 Å². The molecule has 1 aliphatic rings. The third-order valence-electron chi connectivity index (χ3n) is 5.48. The molecule has 2 aromatic heterocycles. The lowest BCUT2D eigenvalue weighted by Gasteiger charge is -2.30. The van der Waals surface area contributed by atoms with E-state index in [0.717, 1.165) is 27.7 Å². The summed E-state index contributed by atoms with van der Waals surface area (Å²) in [6.45, 7) is 9.29. The van der Waals surface area contributed by atoms with Crippen LogP contribution < -0.4 is 0 Å². The highest BCUT2D eigenvalue weighted by Crippen LogP contribution is 2.34. The number of carbonyl (C=O) groups excluding carboxylic acids is 2. The van der Waals surface area contributed by atoms with Crippen LogP contribution in [0.2, 0.25) is 0 Å². The summed E-state index contributed by atoms with van der Waals surface area (Å²) in [5.74, 6) is -0.343. The first-order valence-electron chi connectivity index (χ1n) is 11.0. The van der Waals surface area contributed by atoms with Crippen molar-refractivity contribution in [3.8, 4) is 0 Å². The van der Waals surface area contributed by atoms with E-state index in [4.69, 9.17) is 9.47 Å². The average molecular weight is 436 g/mol. The number of ether oxygens (including phenoxy) is 2. The van der Waals surface area contributed by atoms with Crippen LogP contribution in [0.1, 0.15) is 54.9 Å². The minimum absolute atomic E-state index is 0.310. The minimum atomic E-state index is -0.553. The van der Waals surface area contributed by atoms with E-state index in [1.807, 2.05) is 51.2 Å². The number of fused-ring (bicyclic) bond motifs is 3. The highest BCUT2D eigenvalue weighted by Gasteiger charge is 2.31. The monoisotopic (exact) mass is 435 g/mol. The number of rotatable bonds is 4. The van der Waals surface area contributed by atoms with Crippen LogP contribution in [0.3, 0.4) is 0 Å². The Kier molecular flexibility index (Phi) is 5.91. The first-order chi connectivity index (χ1) is 15.3. The maximum Gasteiger partial charge on any atom is 0.410 e. The third-order valence-corrected chi connectivity index (χ3v) is 5.48. The number of esters is 1. The van der Waals surface area contributed by atoms with Crippen LogP contribution in [0, 0.1) is 0 Å². The van der Waals surface area contributed by atoms with E-state index < -0.39 is 5.60 Å². The molecule has 1 amide bonds. The molecule has 4 rings (SSSR count). The first kappa shape index (κ1) is 21.9. The van der Waals surface area contributed by atoms with Gasteiger partial charge in [-0.1, -0.05) is 18.2 Å². The molecule has 3 heterocycles. The predicted octanol–water partition coefficient (Wildman–Crippen LogP) is 4.55. The smallest absolute Gasteiger partial charge is 0.410 e. The van der Waals surface area contributed by atoms with E-state index in [-0.39, 0.29) is 12.1 Å². The SMILES string of the molecule is CCOC(=O)c1cccc2c3c(n(Cc4cccnc4)c12)CCN(C(=O)OC(C)(C)C)C3. The quantitative estimate of drug-likeness (QED) is 0.562. The number of carbonyl (C=O) groups is 2. The molecule has 0 atom stereocenters. The molecule has 1 aromatic carbocycles. The van der Waals surface area contributed by atoms with E-state index in [1.54, 1.807) is 24.1 Å². The van der Waals surface area contributed by atoms with Crippen LogP contribution in [0.25, 0.3) is 10.9 Å². The number of pyridine rings is 1. The van der Waals surface area contributed by atoms with Gasteiger partial charge in [0.2, 0.25) is 0 Å². The maximum absolute atomic E-state index is 12.8. The van der Waals surface area contributed by atoms with Gasteiger partial charge >= 0.3 is 12.1 Å². The lowest BCUT2D eigenvalue weighted by Crippen LogP contribution is -2.40. The summed E-state index contributed by atoms with van der Waals surface area (Å²) in [4.78, 5) is 31.5. The Bertz CT molecular complexity index is 1150. The molecule has 0 spiro atoms. The Morgan fingerprint density at radius 2 is 1.97 bits per heavy atom. The fraction of sp³-hybridized carbons (Fsp3) is 0.400. The van der Waals surface area contributed by atoms with Crippen molar-refractivity contribution in [2.45, 2.75) is 52.8 Å². The van der Waals surface area contributed by atoms with Crippen LogP contribution in [-0.2, 0) is 29.0 Å². The molecular weight excluding hydrogens is 406 g/mol. The normalized spacial score (nSPS) is 13.7. The highest BCUT2D eigenvalue weighted by molar-refractivity contribution is 6.05. The summed E-state index contributed by atoms with van der Waals surface area (Å²) in [5, 5.41) is 0.961. The molecule has 0 aliphatic carbocycles. The summed E-state index contributed by atoms with van der Waals surface area (Å²) >= 11 is 0. The van der Waals surface area contributed by atoms with Crippen molar-refractivity contribution in [2.24, 2.45) is 0 Å². The topological polar surface area (TPSA) is 73.7 Å². The number of benzene rings is 1. The molecule has 0 unspecified atom stereocenters. The van der Waals surface area contributed by atoms with Gasteiger partial charge in [0.15, 0.2) is 0 Å². The lowest BCUT2D eigenvalue weighted by atomic mass is 10.0.